The molecule has 1 aliphatic rings. The number of carbonyl (C=O) groups is 1. The monoisotopic (exact) mass is 388 g/mol. The quantitative estimate of drug-likeness (QED) is 0.831. The minimum Gasteiger partial charge on any atom is -0.488 e. The second-order valence-electron chi connectivity index (χ2n) is 6.01. The third-order valence-electron chi connectivity index (χ3n) is 3.12. The molecule has 1 heterocycles. The third kappa shape index (κ3) is 4.21. The summed E-state index contributed by atoms with van der Waals surface area (Å²) in [6.45, 7) is 5.38. The topological polar surface area (TPSA) is 70.9 Å². The van der Waals surface area contributed by atoms with Gasteiger partial charge in [0.05, 0.1) is 20.8 Å². The first-order valence-corrected chi connectivity index (χ1v) is 8.05. The summed E-state index contributed by atoms with van der Waals surface area (Å²) in [5.74, 6) is 0.395. The highest BCUT2D eigenvalue weighted by Crippen LogP contribution is 2.36. The Hall–Kier alpha value is -1.11. The van der Waals surface area contributed by atoms with Crippen LogP contribution in [0.2, 0.25) is 5.02 Å². The fourth-order valence-electron chi connectivity index (χ4n) is 2.10. The molecule has 5 nitrogen and oxygen atoms in total. The van der Waals surface area contributed by atoms with Gasteiger partial charge in [0, 0.05) is 17.9 Å². The molecule has 2 N–H and O–H groups in total. The van der Waals surface area contributed by atoms with Gasteiger partial charge < -0.3 is 9.84 Å². The van der Waals surface area contributed by atoms with Crippen molar-refractivity contribution in [3.8, 4) is 5.75 Å². The predicted octanol–water partition coefficient (Wildman–Crippen LogP) is 3.11. The number of ether oxygens (including phenoxy) is 1. The number of benzene rings is 1. The number of rotatable bonds is 4. The van der Waals surface area contributed by atoms with Crippen molar-refractivity contribution < 1.29 is 14.6 Å². The third-order valence-corrected chi connectivity index (χ3v) is 3.99. The first-order valence-electron chi connectivity index (χ1n) is 6.88. The highest BCUT2D eigenvalue weighted by atomic mass is 79.9. The predicted molar refractivity (Wildman–Crippen MR) is 89.4 cm³/mol. The minimum atomic E-state index is -0.951. The van der Waals surface area contributed by atoms with E-state index >= 15 is 0 Å². The van der Waals surface area contributed by atoms with Crippen LogP contribution >= 0.6 is 27.5 Å². The molecule has 1 atom stereocenters. The van der Waals surface area contributed by atoms with Crippen molar-refractivity contribution in [1.29, 1.82) is 0 Å². The fourth-order valence-corrected chi connectivity index (χ4v) is 3.06. The maximum absolute atomic E-state index is 11.3. The highest BCUT2D eigenvalue weighted by molar-refractivity contribution is 9.10. The molecule has 2 rings (SSSR count). The SMILES string of the molecule is CC1CC(=O)NN=C1c1cc(Cl)c(OCC(C)(C)O)c(Br)c1. The average Bonchev–Trinajstić information content (AvgIpc) is 2.36. The van der Waals surface area contributed by atoms with Crippen molar-refractivity contribution >= 4 is 39.1 Å². The molecule has 1 aromatic rings. The van der Waals surface area contributed by atoms with Crippen LogP contribution in [0.25, 0.3) is 0 Å². The van der Waals surface area contributed by atoms with Crippen molar-refractivity contribution in [1.82, 2.24) is 5.43 Å². The summed E-state index contributed by atoms with van der Waals surface area (Å²) in [6.07, 6.45) is 0.394. The van der Waals surface area contributed by atoms with Crippen molar-refractivity contribution in [3.63, 3.8) is 0 Å². The van der Waals surface area contributed by atoms with Crippen LogP contribution in [0, 0.1) is 5.92 Å². The lowest BCUT2D eigenvalue weighted by Crippen LogP contribution is -2.32. The Morgan fingerprint density at radius 1 is 1.55 bits per heavy atom. The number of carbonyl (C=O) groups excluding carboxylic acids is 1. The molecule has 1 amide bonds. The van der Waals surface area contributed by atoms with E-state index in [1.165, 1.54) is 0 Å². The Kier molecular flexibility index (Phi) is 5.14. The van der Waals surface area contributed by atoms with Crippen LogP contribution in [0.15, 0.2) is 21.7 Å². The second kappa shape index (κ2) is 6.56. The zero-order valence-electron chi connectivity index (χ0n) is 12.6. The van der Waals surface area contributed by atoms with E-state index in [2.05, 4.69) is 26.5 Å². The van der Waals surface area contributed by atoms with Gasteiger partial charge in [0.2, 0.25) is 5.91 Å². The molecule has 0 fully saturated rings. The van der Waals surface area contributed by atoms with Gasteiger partial charge in [-0.3, -0.25) is 4.79 Å². The Morgan fingerprint density at radius 2 is 2.23 bits per heavy atom. The Bertz CT molecular complexity index is 603. The number of aliphatic hydroxyl groups is 1. The van der Waals surface area contributed by atoms with Crippen molar-refractivity contribution in [3.05, 3.63) is 27.2 Å². The maximum atomic E-state index is 11.3. The van der Waals surface area contributed by atoms with Gasteiger partial charge in [-0.15, -0.1) is 0 Å². The molecule has 0 bridgehead atoms. The molecular formula is C15H18BrClN2O3. The lowest BCUT2D eigenvalue weighted by Gasteiger charge is -2.22. The Labute approximate surface area is 142 Å². The normalized spacial score (nSPS) is 18.7. The van der Waals surface area contributed by atoms with E-state index < -0.39 is 5.60 Å². The van der Waals surface area contributed by atoms with Crippen LogP contribution < -0.4 is 10.2 Å². The lowest BCUT2D eigenvalue weighted by atomic mass is 9.94. The minimum absolute atomic E-state index is 0.0138. The largest absolute Gasteiger partial charge is 0.488 e. The molecule has 0 aromatic heterocycles. The molecule has 1 unspecified atom stereocenters. The highest BCUT2D eigenvalue weighted by Gasteiger charge is 2.24. The van der Waals surface area contributed by atoms with Gasteiger partial charge in [-0.2, -0.15) is 5.10 Å². The van der Waals surface area contributed by atoms with E-state index in [1.807, 2.05) is 13.0 Å². The summed E-state index contributed by atoms with van der Waals surface area (Å²) in [5.41, 5.74) is 3.13. The summed E-state index contributed by atoms with van der Waals surface area (Å²) < 4.78 is 6.25. The Morgan fingerprint density at radius 3 is 2.77 bits per heavy atom. The van der Waals surface area contributed by atoms with Crippen LogP contribution in [0.3, 0.4) is 0 Å². The molecule has 1 aliphatic heterocycles. The number of nitrogens with zero attached hydrogens (tertiary/aromatic N) is 1. The van der Waals surface area contributed by atoms with Gasteiger partial charge in [0.1, 0.15) is 6.61 Å². The van der Waals surface area contributed by atoms with Gasteiger partial charge in [-0.25, -0.2) is 5.43 Å². The Balaban J connectivity index is 2.28. The van der Waals surface area contributed by atoms with Crippen LogP contribution in [0.1, 0.15) is 32.8 Å². The summed E-state index contributed by atoms with van der Waals surface area (Å²) in [6, 6.07) is 3.59. The number of nitrogens with one attached hydrogen (secondary N) is 1. The number of hydrazone groups is 1. The van der Waals surface area contributed by atoms with Crippen molar-refractivity contribution in [2.24, 2.45) is 11.0 Å². The smallest absolute Gasteiger partial charge is 0.240 e. The molecule has 0 aliphatic carbocycles. The van der Waals surface area contributed by atoms with Gasteiger partial charge in [-0.05, 0) is 41.9 Å². The summed E-state index contributed by atoms with van der Waals surface area (Å²) in [5, 5.41) is 14.3. The zero-order valence-corrected chi connectivity index (χ0v) is 15.0. The van der Waals surface area contributed by atoms with Crippen LogP contribution in [-0.4, -0.2) is 28.9 Å². The summed E-state index contributed by atoms with van der Waals surface area (Å²) in [4.78, 5) is 11.3. The van der Waals surface area contributed by atoms with E-state index in [0.717, 1.165) is 11.3 Å². The van der Waals surface area contributed by atoms with E-state index in [1.54, 1.807) is 19.9 Å². The van der Waals surface area contributed by atoms with Gasteiger partial charge in [-0.1, -0.05) is 18.5 Å². The zero-order chi connectivity index (χ0) is 16.5. The number of amides is 1. The van der Waals surface area contributed by atoms with Crippen LogP contribution in [-0.2, 0) is 4.79 Å². The molecular weight excluding hydrogens is 372 g/mol. The molecule has 1 aromatic carbocycles. The summed E-state index contributed by atoms with van der Waals surface area (Å²) >= 11 is 9.71. The average molecular weight is 390 g/mol. The second-order valence-corrected chi connectivity index (χ2v) is 7.27. The van der Waals surface area contributed by atoms with Gasteiger partial charge >= 0.3 is 0 Å². The molecule has 7 heteroatoms. The molecule has 22 heavy (non-hydrogen) atoms. The lowest BCUT2D eigenvalue weighted by molar-refractivity contribution is -0.121. The van der Waals surface area contributed by atoms with E-state index in [0.29, 0.717) is 21.7 Å². The van der Waals surface area contributed by atoms with Gasteiger partial charge in [0.15, 0.2) is 5.75 Å². The molecule has 0 saturated carbocycles. The standard InChI is InChI=1S/C15H18BrClN2O3/c1-8-4-12(20)18-19-13(8)9-5-10(16)14(11(17)6-9)22-7-15(2,3)21/h5-6,8,21H,4,7H2,1-3H3,(H,18,20). The van der Waals surface area contributed by atoms with Crippen LogP contribution in [0.5, 0.6) is 5.75 Å². The van der Waals surface area contributed by atoms with Crippen LogP contribution in [0.4, 0.5) is 0 Å². The molecule has 0 radical (unpaired) electrons. The number of hydrogen-bond donors (Lipinski definition) is 2. The number of halogens is 2. The number of hydrogen-bond acceptors (Lipinski definition) is 4. The van der Waals surface area contributed by atoms with Crippen molar-refractivity contribution in [2.75, 3.05) is 6.61 Å². The van der Waals surface area contributed by atoms with E-state index in [9.17, 15) is 9.90 Å². The molecule has 0 saturated heterocycles. The first-order chi connectivity index (χ1) is 10.2. The van der Waals surface area contributed by atoms with E-state index in [-0.39, 0.29) is 18.4 Å². The first kappa shape index (κ1) is 17.2. The van der Waals surface area contributed by atoms with Crippen molar-refractivity contribution in [2.45, 2.75) is 32.8 Å². The molecule has 120 valence electrons. The maximum Gasteiger partial charge on any atom is 0.240 e. The molecule has 0 spiro atoms. The van der Waals surface area contributed by atoms with E-state index in [4.69, 9.17) is 16.3 Å². The van der Waals surface area contributed by atoms with Gasteiger partial charge in [0.25, 0.3) is 0 Å². The fraction of sp³-hybridized carbons (Fsp3) is 0.467. The summed E-state index contributed by atoms with van der Waals surface area (Å²) in [7, 11) is 0.